The standard InChI is InChI=1S/C40H58ClN5O3S/c1-4-6-29-19-34(41)11-13-36(29)33-24-46-23-32-9-12-37(32)31(22-44-17-18-45-16-15-42-21-35(45)25-44)8-5-7-27(2)28(3)50(48)43-40(47)30-10-14-39(49-26-33)38(46)20-30/h10-11,13-14,19-20,27-28,31-33,35,37,42H,4-9,12,15-18,21-26H2,1-3H3,(H,43,47). The van der Waals surface area contributed by atoms with Gasteiger partial charge in [-0.3, -0.25) is 14.4 Å². The lowest BCUT2D eigenvalue weighted by Gasteiger charge is -2.49. The lowest BCUT2D eigenvalue weighted by Crippen LogP contribution is -2.61. The van der Waals surface area contributed by atoms with Gasteiger partial charge < -0.3 is 19.9 Å². The first-order valence-corrected chi connectivity index (χ1v) is 21.0. The van der Waals surface area contributed by atoms with Crippen molar-refractivity contribution in [1.29, 1.82) is 0 Å². The van der Waals surface area contributed by atoms with E-state index in [1.165, 1.54) is 56.6 Å². The predicted octanol–water partition coefficient (Wildman–Crippen LogP) is 6.11. The zero-order valence-corrected chi connectivity index (χ0v) is 32.0. The summed E-state index contributed by atoms with van der Waals surface area (Å²) in [5, 5.41) is 4.29. The summed E-state index contributed by atoms with van der Waals surface area (Å²) in [6.07, 6.45) is 7.94. The zero-order valence-electron chi connectivity index (χ0n) is 30.4. The number of piperazine rings is 2. The van der Waals surface area contributed by atoms with E-state index >= 15 is 0 Å². The largest absolute Gasteiger partial charge is 0.491 e. The van der Waals surface area contributed by atoms with E-state index in [1.54, 1.807) is 0 Å². The van der Waals surface area contributed by atoms with Gasteiger partial charge in [0.1, 0.15) is 16.7 Å². The van der Waals surface area contributed by atoms with Gasteiger partial charge >= 0.3 is 0 Å². The Morgan fingerprint density at radius 3 is 2.70 bits per heavy atom. The van der Waals surface area contributed by atoms with Gasteiger partial charge in [-0.1, -0.05) is 44.4 Å². The average Bonchev–Trinajstić information content (AvgIpc) is 3.28. The van der Waals surface area contributed by atoms with Crippen molar-refractivity contribution in [1.82, 2.24) is 19.8 Å². The van der Waals surface area contributed by atoms with Crippen molar-refractivity contribution in [3.8, 4) is 5.75 Å². The maximum atomic E-state index is 13.5. The number of halogens is 1. The van der Waals surface area contributed by atoms with E-state index in [-0.39, 0.29) is 23.0 Å². The maximum absolute atomic E-state index is 13.5. The van der Waals surface area contributed by atoms with Crippen LogP contribution in [0.2, 0.25) is 5.02 Å². The molecule has 1 amide bonds. The van der Waals surface area contributed by atoms with E-state index in [0.29, 0.717) is 36.0 Å². The molecule has 50 heavy (non-hydrogen) atoms. The smallest absolute Gasteiger partial charge is 0.263 e. The number of benzene rings is 2. The molecule has 4 heterocycles. The Balaban J connectivity index is 1.19. The SMILES string of the molecule is CCCc1cc(Cl)ccc1C1COc2ccc3cc2N(C1)CC1CCC1C(CN1CCN2CCNCC2C1)CCCC(C)C(C)S(=O)NC3=O. The molecule has 0 spiro atoms. The fourth-order valence-electron chi connectivity index (χ4n) is 9.45. The van der Waals surface area contributed by atoms with Gasteiger partial charge in [0, 0.05) is 81.4 Å². The van der Waals surface area contributed by atoms with Crippen molar-refractivity contribution >= 4 is 34.2 Å². The van der Waals surface area contributed by atoms with Gasteiger partial charge in [-0.25, -0.2) is 4.21 Å². The van der Waals surface area contributed by atoms with Crippen LogP contribution < -0.4 is 19.7 Å². The first-order chi connectivity index (χ1) is 24.3. The highest BCUT2D eigenvalue weighted by Crippen LogP contribution is 2.45. The minimum Gasteiger partial charge on any atom is -0.491 e. The summed E-state index contributed by atoms with van der Waals surface area (Å²) >= 11 is 6.50. The van der Waals surface area contributed by atoms with E-state index in [9.17, 15) is 9.00 Å². The van der Waals surface area contributed by atoms with Crippen LogP contribution in [0.25, 0.3) is 0 Å². The molecule has 10 heteroatoms. The Morgan fingerprint density at radius 1 is 1.00 bits per heavy atom. The van der Waals surface area contributed by atoms with Crippen molar-refractivity contribution in [2.45, 2.75) is 82.9 Å². The molecule has 4 aliphatic heterocycles. The van der Waals surface area contributed by atoms with Crippen LogP contribution in [0, 0.1) is 23.7 Å². The molecule has 1 aliphatic carbocycles. The van der Waals surface area contributed by atoms with Crippen molar-refractivity contribution in [2.24, 2.45) is 23.7 Å². The van der Waals surface area contributed by atoms with Crippen LogP contribution in [-0.2, 0) is 17.4 Å². The molecule has 1 saturated carbocycles. The van der Waals surface area contributed by atoms with Crippen molar-refractivity contribution in [3.63, 3.8) is 0 Å². The highest BCUT2D eigenvalue weighted by atomic mass is 35.5. The van der Waals surface area contributed by atoms with E-state index in [4.69, 9.17) is 16.3 Å². The normalized spacial score (nSPS) is 32.9. The van der Waals surface area contributed by atoms with Crippen LogP contribution in [0.15, 0.2) is 36.4 Å². The fourth-order valence-corrected chi connectivity index (χ4v) is 10.7. The Morgan fingerprint density at radius 2 is 1.88 bits per heavy atom. The Hall–Kier alpha value is -2.17. The molecule has 3 fully saturated rings. The second-order valence-corrected chi connectivity index (χ2v) is 17.9. The van der Waals surface area contributed by atoms with Crippen molar-refractivity contribution in [2.75, 3.05) is 70.4 Å². The Labute approximate surface area is 307 Å². The van der Waals surface area contributed by atoms with E-state index < -0.39 is 11.0 Å². The second kappa shape index (κ2) is 16.2. The molecule has 7 rings (SSSR count). The van der Waals surface area contributed by atoms with E-state index in [0.717, 1.165) is 74.9 Å². The molecule has 0 radical (unpaired) electrons. The van der Waals surface area contributed by atoms with Gasteiger partial charge in [0.15, 0.2) is 0 Å². The van der Waals surface area contributed by atoms with Gasteiger partial charge in [-0.15, -0.1) is 0 Å². The number of amides is 1. The summed E-state index contributed by atoms with van der Waals surface area (Å²) in [6, 6.07) is 12.7. The Bertz CT molecular complexity index is 1530. The lowest BCUT2D eigenvalue weighted by atomic mass is 9.65. The summed E-state index contributed by atoms with van der Waals surface area (Å²) in [6.45, 7) is 16.9. The third-order valence-corrected chi connectivity index (χ3v) is 14.5. The predicted molar refractivity (Wildman–Crippen MR) is 205 cm³/mol. The molecule has 2 N–H and O–H groups in total. The summed E-state index contributed by atoms with van der Waals surface area (Å²) in [5.41, 5.74) is 4.13. The number of rotatable bonds is 5. The number of hydrogen-bond acceptors (Lipinski definition) is 7. The summed E-state index contributed by atoms with van der Waals surface area (Å²) in [7, 11) is -1.46. The molecule has 274 valence electrons. The summed E-state index contributed by atoms with van der Waals surface area (Å²) in [4.78, 5) is 21.5. The highest BCUT2D eigenvalue weighted by Gasteiger charge is 2.41. The monoisotopic (exact) mass is 723 g/mol. The molecule has 5 aliphatic rings. The highest BCUT2D eigenvalue weighted by molar-refractivity contribution is 7.84. The zero-order chi connectivity index (χ0) is 34.8. The van der Waals surface area contributed by atoms with Gasteiger partial charge in [0.2, 0.25) is 0 Å². The molecule has 2 aromatic carbocycles. The molecule has 2 bridgehead atoms. The number of ether oxygens (including phenoxy) is 1. The molecular formula is C40H58ClN5O3S. The molecule has 8 unspecified atom stereocenters. The maximum Gasteiger partial charge on any atom is 0.263 e. The first-order valence-electron chi connectivity index (χ1n) is 19.5. The average molecular weight is 724 g/mol. The third-order valence-electron chi connectivity index (χ3n) is 12.7. The topological polar surface area (TPSA) is 77.2 Å². The minimum atomic E-state index is -1.46. The summed E-state index contributed by atoms with van der Waals surface area (Å²) < 4.78 is 22.9. The minimum absolute atomic E-state index is 0.119. The lowest BCUT2D eigenvalue weighted by molar-refractivity contribution is 0.0209. The third kappa shape index (κ3) is 8.07. The van der Waals surface area contributed by atoms with Crippen LogP contribution in [0.4, 0.5) is 5.69 Å². The van der Waals surface area contributed by atoms with Gasteiger partial charge in [0.05, 0.1) is 17.5 Å². The number of nitrogens with one attached hydrogen (secondary N) is 2. The van der Waals surface area contributed by atoms with E-state index in [2.05, 4.69) is 50.7 Å². The second-order valence-electron chi connectivity index (χ2n) is 15.9. The number of fused-ring (bicyclic) bond motifs is 3. The van der Waals surface area contributed by atoms with Gasteiger partial charge in [-0.05, 0) is 104 Å². The number of carbonyl (C=O) groups is 1. The fraction of sp³-hybridized carbons (Fsp3) is 0.675. The Kier molecular flexibility index (Phi) is 11.8. The molecule has 0 aromatic heterocycles. The van der Waals surface area contributed by atoms with Crippen LogP contribution >= 0.6 is 11.6 Å². The van der Waals surface area contributed by atoms with Crippen LogP contribution in [0.1, 0.15) is 86.7 Å². The first kappa shape index (κ1) is 36.2. The number of aryl methyl sites for hydroxylation is 1. The molecule has 8 nitrogen and oxygen atoms in total. The number of carbonyl (C=O) groups excluding carboxylic acids is 1. The van der Waals surface area contributed by atoms with Gasteiger partial charge in [-0.2, -0.15) is 0 Å². The molecular weight excluding hydrogens is 666 g/mol. The number of anilines is 1. The molecule has 8 atom stereocenters. The number of hydrogen-bond donors (Lipinski definition) is 2. The molecule has 2 aromatic rings. The number of nitrogens with zero attached hydrogens (tertiary/aromatic N) is 3. The van der Waals surface area contributed by atoms with Crippen LogP contribution in [0.5, 0.6) is 5.75 Å². The van der Waals surface area contributed by atoms with Crippen molar-refractivity contribution in [3.05, 3.63) is 58.1 Å². The van der Waals surface area contributed by atoms with E-state index in [1.807, 2.05) is 31.2 Å². The quantitative estimate of drug-likeness (QED) is 0.386. The van der Waals surface area contributed by atoms with Crippen LogP contribution in [-0.4, -0.2) is 96.7 Å². The molecule has 2 saturated heterocycles. The summed E-state index contributed by atoms with van der Waals surface area (Å²) in [5.74, 6) is 2.90. The van der Waals surface area contributed by atoms with Crippen molar-refractivity contribution < 1.29 is 13.7 Å². The van der Waals surface area contributed by atoms with Gasteiger partial charge in [0.25, 0.3) is 5.91 Å². The van der Waals surface area contributed by atoms with Crippen LogP contribution in [0.3, 0.4) is 0 Å².